The molecule has 2 rings (SSSR count). The molecule has 0 amide bonds. The standard InChI is InChI=1S/C11H19N3O.ClH/c1-2-14-8-11(7-13-14)15-9-10-3-5-12-6-4-10;/h7-8,10,12H,2-6,9H2,1H3;1H. The van der Waals surface area contributed by atoms with E-state index in [0.29, 0.717) is 5.92 Å². The molecule has 0 unspecified atom stereocenters. The monoisotopic (exact) mass is 245 g/mol. The first-order valence-corrected chi connectivity index (χ1v) is 5.74. The Morgan fingerprint density at radius 2 is 2.25 bits per heavy atom. The third kappa shape index (κ3) is 3.68. The summed E-state index contributed by atoms with van der Waals surface area (Å²) in [5.41, 5.74) is 0. The summed E-state index contributed by atoms with van der Waals surface area (Å²) in [6, 6.07) is 0. The number of aryl methyl sites for hydroxylation is 1. The van der Waals surface area contributed by atoms with Gasteiger partial charge in [0.05, 0.1) is 19.0 Å². The Bertz CT molecular complexity index is 297. The lowest BCUT2D eigenvalue weighted by molar-refractivity contribution is 0.215. The highest BCUT2D eigenvalue weighted by atomic mass is 35.5. The van der Waals surface area contributed by atoms with Crippen molar-refractivity contribution in [3.63, 3.8) is 0 Å². The van der Waals surface area contributed by atoms with Crippen LogP contribution >= 0.6 is 12.4 Å². The van der Waals surface area contributed by atoms with Gasteiger partial charge in [0.1, 0.15) is 0 Å². The van der Waals surface area contributed by atoms with Crippen LogP contribution < -0.4 is 10.1 Å². The van der Waals surface area contributed by atoms with Crippen LogP contribution in [-0.2, 0) is 6.54 Å². The molecule has 0 saturated carbocycles. The minimum absolute atomic E-state index is 0. The van der Waals surface area contributed by atoms with Gasteiger partial charge in [0.15, 0.2) is 5.75 Å². The van der Waals surface area contributed by atoms with Crippen molar-refractivity contribution >= 4 is 12.4 Å². The van der Waals surface area contributed by atoms with Crippen LogP contribution in [0.25, 0.3) is 0 Å². The van der Waals surface area contributed by atoms with Crippen molar-refractivity contribution in [1.29, 1.82) is 0 Å². The quantitative estimate of drug-likeness (QED) is 0.878. The van der Waals surface area contributed by atoms with Crippen LogP contribution in [0.1, 0.15) is 19.8 Å². The van der Waals surface area contributed by atoms with Crippen molar-refractivity contribution in [3.8, 4) is 5.75 Å². The molecule has 0 aromatic carbocycles. The molecule has 5 heteroatoms. The molecule has 1 aromatic rings. The second-order valence-corrected chi connectivity index (χ2v) is 4.04. The highest BCUT2D eigenvalue weighted by molar-refractivity contribution is 5.85. The maximum absolute atomic E-state index is 5.72. The molecule has 0 atom stereocenters. The summed E-state index contributed by atoms with van der Waals surface area (Å²) < 4.78 is 7.60. The number of nitrogens with one attached hydrogen (secondary N) is 1. The van der Waals surface area contributed by atoms with Crippen LogP contribution in [0.3, 0.4) is 0 Å². The first-order valence-electron chi connectivity index (χ1n) is 5.74. The van der Waals surface area contributed by atoms with Crippen molar-refractivity contribution < 1.29 is 4.74 Å². The van der Waals surface area contributed by atoms with Crippen LogP contribution in [0, 0.1) is 5.92 Å². The molecule has 1 aliphatic rings. The van der Waals surface area contributed by atoms with E-state index in [4.69, 9.17) is 4.74 Å². The van der Waals surface area contributed by atoms with Gasteiger partial charge in [-0.05, 0) is 38.8 Å². The van der Waals surface area contributed by atoms with Gasteiger partial charge < -0.3 is 10.1 Å². The number of hydrogen-bond donors (Lipinski definition) is 1. The molecular weight excluding hydrogens is 226 g/mol. The average molecular weight is 246 g/mol. The summed E-state index contributed by atoms with van der Waals surface area (Å²) in [4.78, 5) is 0. The first kappa shape index (κ1) is 13.3. The maximum atomic E-state index is 5.72. The number of hydrogen-bond acceptors (Lipinski definition) is 3. The minimum atomic E-state index is 0. The van der Waals surface area contributed by atoms with E-state index in [-0.39, 0.29) is 12.4 Å². The molecule has 92 valence electrons. The average Bonchev–Trinajstić information content (AvgIpc) is 2.76. The fourth-order valence-corrected chi connectivity index (χ4v) is 1.85. The van der Waals surface area contributed by atoms with Crippen molar-refractivity contribution in [2.75, 3.05) is 19.7 Å². The van der Waals surface area contributed by atoms with Gasteiger partial charge in [-0.1, -0.05) is 0 Å². The number of ether oxygens (including phenoxy) is 1. The Labute approximate surface area is 103 Å². The van der Waals surface area contributed by atoms with E-state index < -0.39 is 0 Å². The zero-order valence-electron chi connectivity index (χ0n) is 9.69. The summed E-state index contributed by atoms with van der Waals surface area (Å²) in [6.45, 7) is 6.06. The van der Waals surface area contributed by atoms with Gasteiger partial charge in [-0.15, -0.1) is 12.4 Å². The highest BCUT2D eigenvalue weighted by Gasteiger charge is 2.13. The molecule has 0 radical (unpaired) electrons. The van der Waals surface area contributed by atoms with Crippen LogP contribution in [-0.4, -0.2) is 29.5 Å². The van der Waals surface area contributed by atoms with E-state index in [2.05, 4.69) is 17.3 Å². The molecule has 0 bridgehead atoms. The van der Waals surface area contributed by atoms with Crippen molar-refractivity contribution in [2.24, 2.45) is 5.92 Å². The second kappa shape index (κ2) is 6.76. The maximum Gasteiger partial charge on any atom is 0.157 e. The molecule has 1 saturated heterocycles. The van der Waals surface area contributed by atoms with Gasteiger partial charge in [0.2, 0.25) is 0 Å². The molecule has 1 aromatic heterocycles. The number of nitrogens with zero attached hydrogens (tertiary/aromatic N) is 2. The largest absolute Gasteiger partial charge is 0.490 e. The zero-order chi connectivity index (χ0) is 10.5. The molecule has 1 N–H and O–H groups in total. The molecule has 16 heavy (non-hydrogen) atoms. The second-order valence-electron chi connectivity index (χ2n) is 4.04. The van der Waals surface area contributed by atoms with Gasteiger partial charge in [-0.2, -0.15) is 5.10 Å². The Balaban J connectivity index is 0.00000128. The topological polar surface area (TPSA) is 39.1 Å². The summed E-state index contributed by atoms with van der Waals surface area (Å²) >= 11 is 0. The predicted octanol–water partition coefficient (Wildman–Crippen LogP) is 1.70. The fourth-order valence-electron chi connectivity index (χ4n) is 1.85. The lowest BCUT2D eigenvalue weighted by Gasteiger charge is -2.22. The Kier molecular flexibility index (Phi) is 5.63. The lowest BCUT2D eigenvalue weighted by Crippen LogP contribution is -2.30. The van der Waals surface area contributed by atoms with Gasteiger partial charge in [-0.25, -0.2) is 0 Å². The molecule has 1 aliphatic heterocycles. The van der Waals surface area contributed by atoms with E-state index >= 15 is 0 Å². The van der Waals surface area contributed by atoms with Crippen molar-refractivity contribution in [1.82, 2.24) is 15.1 Å². The third-order valence-electron chi connectivity index (χ3n) is 2.88. The van der Waals surface area contributed by atoms with E-state index in [9.17, 15) is 0 Å². The smallest absolute Gasteiger partial charge is 0.157 e. The fraction of sp³-hybridized carbons (Fsp3) is 0.727. The van der Waals surface area contributed by atoms with E-state index in [0.717, 1.165) is 32.0 Å². The van der Waals surface area contributed by atoms with Gasteiger partial charge in [-0.3, -0.25) is 4.68 Å². The highest BCUT2D eigenvalue weighted by Crippen LogP contribution is 2.15. The predicted molar refractivity (Wildman–Crippen MR) is 66.2 cm³/mol. The number of piperidine rings is 1. The van der Waals surface area contributed by atoms with Crippen molar-refractivity contribution in [3.05, 3.63) is 12.4 Å². The summed E-state index contributed by atoms with van der Waals surface area (Å²) in [6.07, 6.45) is 6.20. The third-order valence-corrected chi connectivity index (χ3v) is 2.88. The molecule has 4 nitrogen and oxygen atoms in total. The minimum Gasteiger partial charge on any atom is -0.490 e. The zero-order valence-corrected chi connectivity index (χ0v) is 10.5. The van der Waals surface area contributed by atoms with E-state index in [1.54, 1.807) is 6.20 Å². The molecule has 0 aliphatic carbocycles. The Hall–Kier alpha value is -0.740. The number of rotatable bonds is 4. The lowest BCUT2D eigenvalue weighted by atomic mass is 9.99. The van der Waals surface area contributed by atoms with Crippen molar-refractivity contribution in [2.45, 2.75) is 26.3 Å². The molecule has 2 heterocycles. The van der Waals surface area contributed by atoms with E-state index in [1.807, 2.05) is 10.9 Å². The number of aromatic nitrogens is 2. The van der Waals surface area contributed by atoms with Gasteiger partial charge >= 0.3 is 0 Å². The van der Waals surface area contributed by atoms with E-state index in [1.165, 1.54) is 12.8 Å². The van der Waals surface area contributed by atoms with Gasteiger partial charge in [0.25, 0.3) is 0 Å². The van der Waals surface area contributed by atoms with Crippen LogP contribution in [0.2, 0.25) is 0 Å². The van der Waals surface area contributed by atoms with Gasteiger partial charge in [0, 0.05) is 6.54 Å². The van der Waals surface area contributed by atoms with Crippen LogP contribution in [0.5, 0.6) is 5.75 Å². The summed E-state index contributed by atoms with van der Waals surface area (Å²) in [7, 11) is 0. The van der Waals surface area contributed by atoms with Crippen LogP contribution in [0.4, 0.5) is 0 Å². The SMILES string of the molecule is CCn1cc(OCC2CCNCC2)cn1.Cl. The molecular formula is C11H20ClN3O. The normalized spacial score (nSPS) is 16.8. The Morgan fingerprint density at radius 3 is 2.88 bits per heavy atom. The summed E-state index contributed by atoms with van der Waals surface area (Å²) in [5.74, 6) is 1.60. The Morgan fingerprint density at radius 1 is 1.50 bits per heavy atom. The first-order chi connectivity index (χ1) is 7.38. The summed E-state index contributed by atoms with van der Waals surface area (Å²) in [5, 5.41) is 7.53. The van der Waals surface area contributed by atoms with Crippen LogP contribution in [0.15, 0.2) is 12.4 Å². The molecule has 1 fully saturated rings. The molecule has 0 spiro atoms. The number of halogens is 1.